The van der Waals surface area contributed by atoms with Crippen LogP contribution in [-0.4, -0.2) is 12.6 Å². The van der Waals surface area contributed by atoms with Gasteiger partial charge in [-0.2, -0.15) is 0 Å². The van der Waals surface area contributed by atoms with E-state index in [1.54, 1.807) is 0 Å². The lowest BCUT2D eigenvalue weighted by Crippen LogP contribution is -2.29. The average molecular weight is 196 g/mol. The summed E-state index contributed by atoms with van der Waals surface area (Å²) < 4.78 is 5.17. The van der Waals surface area contributed by atoms with E-state index < -0.39 is 0 Å². The van der Waals surface area contributed by atoms with Crippen molar-refractivity contribution in [1.82, 2.24) is 0 Å². The molecule has 2 nitrogen and oxygen atoms in total. The van der Waals surface area contributed by atoms with Gasteiger partial charge in [-0.3, -0.25) is 0 Å². The van der Waals surface area contributed by atoms with Gasteiger partial charge >= 0.3 is 5.97 Å². The van der Waals surface area contributed by atoms with Gasteiger partial charge in [0.15, 0.2) is 0 Å². The molecule has 0 spiro atoms. The third kappa shape index (κ3) is 2.86. The summed E-state index contributed by atoms with van der Waals surface area (Å²) in [6.07, 6.45) is 8.64. The van der Waals surface area contributed by atoms with Gasteiger partial charge in [0.25, 0.3) is 0 Å². The predicted octanol–water partition coefficient (Wildman–Crippen LogP) is 3.08. The molecule has 2 heteroatoms. The minimum atomic E-state index is -0.289. The van der Waals surface area contributed by atoms with Crippen molar-refractivity contribution in [2.75, 3.05) is 6.61 Å². The summed E-state index contributed by atoms with van der Waals surface area (Å²) in [4.78, 5) is 11.0. The van der Waals surface area contributed by atoms with Crippen molar-refractivity contribution >= 4 is 5.97 Å². The van der Waals surface area contributed by atoms with Crippen LogP contribution in [0.1, 0.15) is 45.4 Å². The molecule has 0 saturated heterocycles. The van der Waals surface area contributed by atoms with Crippen molar-refractivity contribution in [3.8, 4) is 0 Å². The minimum Gasteiger partial charge on any atom is -0.462 e. The maximum absolute atomic E-state index is 11.0. The minimum absolute atomic E-state index is 0.261. The van der Waals surface area contributed by atoms with Crippen LogP contribution in [0.4, 0.5) is 0 Å². The molecule has 80 valence electrons. The van der Waals surface area contributed by atoms with E-state index in [1.807, 2.05) is 0 Å². The van der Waals surface area contributed by atoms with E-state index in [1.165, 1.54) is 38.2 Å². The molecule has 1 rings (SSSR count). The molecule has 1 saturated carbocycles. The van der Waals surface area contributed by atoms with Gasteiger partial charge < -0.3 is 4.74 Å². The molecule has 0 amide bonds. The highest BCUT2D eigenvalue weighted by atomic mass is 16.5. The third-order valence-corrected chi connectivity index (χ3v) is 3.35. The summed E-state index contributed by atoms with van der Waals surface area (Å²) in [6, 6.07) is 0. The van der Waals surface area contributed by atoms with E-state index in [0.29, 0.717) is 6.61 Å². The Bertz CT molecular complexity index is 202. The smallest absolute Gasteiger partial charge is 0.330 e. The molecule has 1 fully saturated rings. The Balaban J connectivity index is 2.43. The largest absolute Gasteiger partial charge is 0.462 e. The van der Waals surface area contributed by atoms with E-state index >= 15 is 0 Å². The molecule has 0 radical (unpaired) electrons. The molecule has 0 heterocycles. The van der Waals surface area contributed by atoms with Crippen molar-refractivity contribution in [3.63, 3.8) is 0 Å². The standard InChI is InChI=1S/C12H20O2/c1-3-11(13)14-10-12(4-2)8-6-5-7-9-12/h3H,1,4-10H2,2H3. The number of carbonyl (C=O) groups excluding carboxylic acids is 1. The quantitative estimate of drug-likeness (QED) is 0.510. The van der Waals surface area contributed by atoms with Crippen LogP contribution in [0.25, 0.3) is 0 Å². The molecule has 1 aliphatic rings. The lowest BCUT2D eigenvalue weighted by atomic mass is 9.73. The number of esters is 1. The number of hydrogen-bond acceptors (Lipinski definition) is 2. The number of rotatable bonds is 4. The van der Waals surface area contributed by atoms with Crippen molar-refractivity contribution in [1.29, 1.82) is 0 Å². The molecule has 0 aromatic carbocycles. The number of hydrogen-bond donors (Lipinski definition) is 0. The highest BCUT2D eigenvalue weighted by Crippen LogP contribution is 2.39. The fourth-order valence-corrected chi connectivity index (χ4v) is 2.18. The third-order valence-electron chi connectivity index (χ3n) is 3.35. The van der Waals surface area contributed by atoms with Crippen LogP contribution in [0.15, 0.2) is 12.7 Å². The normalized spacial score (nSPS) is 20.1. The number of carbonyl (C=O) groups is 1. The molecule has 0 aromatic heterocycles. The topological polar surface area (TPSA) is 26.3 Å². The highest BCUT2D eigenvalue weighted by Gasteiger charge is 2.31. The molecule has 0 bridgehead atoms. The van der Waals surface area contributed by atoms with Crippen LogP contribution >= 0.6 is 0 Å². The second-order valence-corrected chi connectivity index (χ2v) is 4.23. The fourth-order valence-electron chi connectivity index (χ4n) is 2.18. The van der Waals surface area contributed by atoms with Crippen LogP contribution in [0.5, 0.6) is 0 Å². The van der Waals surface area contributed by atoms with Gasteiger partial charge in [0.1, 0.15) is 0 Å². The van der Waals surface area contributed by atoms with E-state index in [9.17, 15) is 4.79 Å². The fraction of sp³-hybridized carbons (Fsp3) is 0.750. The summed E-state index contributed by atoms with van der Waals surface area (Å²) in [5.41, 5.74) is 0.261. The summed E-state index contributed by atoms with van der Waals surface area (Å²) in [6.45, 7) is 6.16. The molecular weight excluding hydrogens is 176 g/mol. The monoisotopic (exact) mass is 196 g/mol. The van der Waals surface area contributed by atoms with E-state index in [0.717, 1.165) is 6.42 Å². The van der Waals surface area contributed by atoms with Gasteiger partial charge in [0.05, 0.1) is 6.61 Å². The Morgan fingerprint density at radius 3 is 2.57 bits per heavy atom. The van der Waals surface area contributed by atoms with Crippen LogP contribution in [0.2, 0.25) is 0 Å². The average Bonchev–Trinajstić information content (AvgIpc) is 2.27. The van der Waals surface area contributed by atoms with E-state index in [4.69, 9.17) is 4.74 Å². The van der Waals surface area contributed by atoms with Gasteiger partial charge in [-0.1, -0.05) is 32.8 Å². The summed E-state index contributed by atoms with van der Waals surface area (Å²) in [5.74, 6) is -0.289. The zero-order valence-corrected chi connectivity index (χ0v) is 9.05. The molecule has 14 heavy (non-hydrogen) atoms. The first-order valence-electron chi connectivity index (χ1n) is 5.52. The summed E-state index contributed by atoms with van der Waals surface area (Å²) >= 11 is 0. The van der Waals surface area contributed by atoms with Gasteiger partial charge in [-0.25, -0.2) is 4.79 Å². The second kappa shape index (κ2) is 5.18. The van der Waals surface area contributed by atoms with Crippen molar-refractivity contribution < 1.29 is 9.53 Å². The Morgan fingerprint density at radius 1 is 1.43 bits per heavy atom. The van der Waals surface area contributed by atoms with Crippen molar-refractivity contribution in [3.05, 3.63) is 12.7 Å². The van der Waals surface area contributed by atoms with Crippen LogP contribution in [0, 0.1) is 5.41 Å². The SMILES string of the molecule is C=CC(=O)OCC1(CC)CCCCC1. The van der Waals surface area contributed by atoms with Gasteiger partial charge in [-0.15, -0.1) is 0 Å². The molecule has 0 unspecified atom stereocenters. The zero-order valence-electron chi connectivity index (χ0n) is 9.05. The van der Waals surface area contributed by atoms with E-state index in [2.05, 4.69) is 13.5 Å². The first-order chi connectivity index (χ1) is 6.72. The van der Waals surface area contributed by atoms with E-state index in [-0.39, 0.29) is 11.4 Å². The molecule has 1 aliphatic carbocycles. The van der Waals surface area contributed by atoms with Crippen LogP contribution < -0.4 is 0 Å². The van der Waals surface area contributed by atoms with Crippen LogP contribution in [0.3, 0.4) is 0 Å². The molecule has 0 atom stereocenters. The lowest BCUT2D eigenvalue weighted by molar-refractivity contribution is -0.142. The Labute approximate surface area is 86.3 Å². The maximum Gasteiger partial charge on any atom is 0.330 e. The first kappa shape index (κ1) is 11.3. The number of ether oxygens (including phenoxy) is 1. The lowest BCUT2D eigenvalue weighted by Gasteiger charge is -2.35. The molecule has 0 N–H and O–H groups in total. The highest BCUT2D eigenvalue weighted by molar-refractivity contribution is 5.81. The molecule has 0 aromatic rings. The molecule has 0 aliphatic heterocycles. The Kier molecular flexibility index (Phi) is 4.18. The predicted molar refractivity (Wildman–Crippen MR) is 57.0 cm³/mol. The van der Waals surface area contributed by atoms with Crippen molar-refractivity contribution in [2.45, 2.75) is 45.4 Å². The van der Waals surface area contributed by atoms with Crippen molar-refractivity contribution in [2.24, 2.45) is 5.41 Å². The summed E-state index contributed by atoms with van der Waals surface area (Å²) in [7, 11) is 0. The van der Waals surface area contributed by atoms with Gasteiger partial charge in [-0.05, 0) is 19.3 Å². The first-order valence-corrected chi connectivity index (χ1v) is 5.52. The van der Waals surface area contributed by atoms with Gasteiger partial charge in [0, 0.05) is 11.5 Å². The van der Waals surface area contributed by atoms with Gasteiger partial charge in [0.2, 0.25) is 0 Å². The Morgan fingerprint density at radius 2 is 2.07 bits per heavy atom. The van der Waals surface area contributed by atoms with Crippen LogP contribution in [-0.2, 0) is 9.53 Å². The summed E-state index contributed by atoms with van der Waals surface area (Å²) in [5, 5.41) is 0. The maximum atomic E-state index is 11.0. The Hall–Kier alpha value is -0.790. The second-order valence-electron chi connectivity index (χ2n) is 4.23. The molecular formula is C12H20O2. The zero-order chi connectivity index (χ0) is 10.4.